The fraction of sp³-hybridized carbons (Fsp3) is 0.273. The van der Waals surface area contributed by atoms with Crippen LogP contribution in [0.4, 0.5) is 10.1 Å². The van der Waals surface area contributed by atoms with Gasteiger partial charge in [-0.15, -0.1) is 0 Å². The molecule has 0 unspecified atom stereocenters. The third-order valence-corrected chi connectivity index (χ3v) is 2.25. The highest BCUT2D eigenvalue weighted by molar-refractivity contribution is 5.94. The van der Waals surface area contributed by atoms with Crippen molar-refractivity contribution in [1.29, 1.82) is 0 Å². The molecule has 0 bridgehead atoms. The van der Waals surface area contributed by atoms with Gasteiger partial charge in [-0.1, -0.05) is 0 Å². The molecular formula is C11H11FN2O5. The van der Waals surface area contributed by atoms with Crippen molar-refractivity contribution in [2.75, 3.05) is 13.7 Å². The number of hydrogen-bond acceptors (Lipinski definition) is 5. The van der Waals surface area contributed by atoms with Gasteiger partial charge in [-0.2, -0.15) is 4.39 Å². The number of hydrogen-bond donors (Lipinski definition) is 1. The van der Waals surface area contributed by atoms with E-state index in [-0.39, 0.29) is 18.5 Å². The molecule has 19 heavy (non-hydrogen) atoms. The number of nitrogens with zero attached hydrogens (tertiary/aromatic N) is 1. The fourth-order valence-corrected chi connectivity index (χ4v) is 1.28. The quantitative estimate of drug-likeness (QED) is 0.489. The van der Waals surface area contributed by atoms with Gasteiger partial charge in [0.15, 0.2) is 0 Å². The van der Waals surface area contributed by atoms with Crippen LogP contribution in [0.5, 0.6) is 0 Å². The van der Waals surface area contributed by atoms with E-state index in [1.165, 1.54) is 7.11 Å². The summed E-state index contributed by atoms with van der Waals surface area (Å²) in [6.45, 7) is 0.0319. The van der Waals surface area contributed by atoms with E-state index in [9.17, 15) is 24.1 Å². The fourth-order valence-electron chi connectivity index (χ4n) is 1.28. The Morgan fingerprint density at radius 1 is 1.47 bits per heavy atom. The maximum Gasteiger partial charge on any atom is 0.307 e. The van der Waals surface area contributed by atoms with Crippen LogP contribution in [-0.4, -0.2) is 30.5 Å². The average molecular weight is 270 g/mol. The predicted octanol–water partition coefficient (Wildman–Crippen LogP) is 1.03. The van der Waals surface area contributed by atoms with Crippen LogP contribution in [0.25, 0.3) is 0 Å². The number of rotatable bonds is 5. The summed E-state index contributed by atoms with van der Waals surface area (Å²) in [6.07, 6.45) is -0.0162. The lowest BCUT2D eigenvalue weighted by Gasteiger charge is -2.04. The Kier molecular flexibility index (Phi) is 4.92. The van der Waals surface area contributed by atoms with Crippen LogP contribution >= 0.6 is 0 Å². The Bertz CT molecular complexity index is 518. The molecule has 0 atom stereocenters. The second-order valence-electron chi connectivity index (χ2n) is 3.51. The molecule has 0 fully saturated rings. The highest BCUT2D eigenvalue weighted by Crippen LogP contribution is 2.17. The van der Waals surface area contributed by atoms with Crippen LogP contribution in [0.1, 0.15) is 16.8 Å². The van der Waals surface area contributed by atoms with Gasteiger partial charge in [0.05, 0.1) is 18.5 Å². The zero-order valence-electron chi connectivity index (χ0n) is 10.0. The molecule has 0 saturated carbocycles. The van der Waals surface area contributed by atoms with Gasteiger partial charge in [0.2, 0.25) is 5.82 Å². The number of carbonyl (C=O) groups excluding carboxylic acids is 2. The number of nitrogens with one attached hydrogen (secondary N) is 1. The summed E-state index contributed by atoms with van der Waals surface area (Å²) in [5.74, 6) is -2.21. The molecule has 1 amide bonds. The SMILES string of the molecule is COC(=O)CCNC(=O)c1ccc([N+](=O)[O-])c(F)c1. The molecule has 1 N–H and O–H groups in total. The second-order valence-corrected chi connectivity index (χ2v) is 3.51. The van der Waals surface area contributed by atoms with Crippen molar-refractivity contribution in [3.05, 3.63) is 39.7 Å². The average Bonchev–Trinajstić information content (AvgIpc) is 2.37. The maximum absolute atomic E-state index is 13.3. The van der Waals surface area contributed by atoms with Gasteiger partial charge in [-0.25, -0.2) is 0 Å². The molecular weight excluding hydrogens is 259 g/mol. The van der Waals surface area contributed by atoms with Crippen molar-refractivity contribution in [1.82, 2.24) is 5.32 Å². The molecule has 0 aliphatic rings. The number of ether oxygens (including phenoxy) is 1. The van der Waals surface area contributed by atoms with Crippen molar-refractivity contribution in [2.24, 2.45) is 0 Å². The Morgan fingerprint density at radius 2 is 2.16 bits per heavy atom. The van der Waals surface area contributed by atoms with E-state index >= 15 is 0 Å². The largest absolute Gasteiger partial charge is 0.469 e. The Labute approximate surface area is 107 Å². The van der Waals surface area contributed by atoms with Gasteiger partial charge in [0.1, 0.15) is 0 Å². The number of nitro benzene ring substituents is 1. The van der Waals surface area contributed by atoms with Crippen molar-refractivity contribution >= 4 is 17.6 Å². The van der Waals surface area contributed by atoms with Crippen LogP contribution in [0.3, 0.4) is 0 Å². The van der Waals surface area contributed by atoms with Crippen LogP contribution in [0.15, 0.2) is 18.2 Å². The van der Waals surface area contributed by atoms with Gasteiger partial charge in [0, 0.05) is 18.2 Å². The molecule has 1 aromatic carbocycles. The first-order valence-corrected chi connectivity index (χ1v) is 5.24. The summed E-state index contributed by atoms with van der Waals surface area (Å²) >= 11 is 0. The van der Waals surface area contributed by atoms with Crippen LogP contribution in [0.2, 0.25) is 0 Å². The number of carbonyl (C=O) groups is 2. The zero-order valence-corrected chi connectivity index (χ0v) is 10.0. The van der Waals surface area contributed by atoms with Crippen LogP contribution in [-0.2, 0) is 9.53 Å². The minimum atomic E-state index is -1.09. The number of halogens is 1. The summed E-state index contributed by atoms with van der Waals surface area (Å²) in [7, 11) is 1.22. The topological polar surface area (TPSA) is 98.5 Å². The van der Waals surface area contributed by atoms with Crippen molar-refractivity contribution in [3.8, 4) is 0 Å². The van der Waals surface area contributed by atoms with Crippen LogP contribution in [0, 0.1) is 15.9 Å². The molecule has 0 aliphatic carbocycles. The molecule has 1 aromatic rings. The minimum Gasteiger partial charge on any atom is -0.469 e. The zero-order chi connectivity index (χ0) is 14.4. The lowest BCUT2D eigenvalue weighted by Crippen LogP contribution is -2.26. The first kappa shape index (κ1) is 14.6. The molecule has 0 heterocycles. The Hall–Kier alpha value is -2.51. The minimum absolute atomic E-state index is 0.0162. The standard InChI is InChI=1S/C11H11FN2O5/c1-19-10(15)4-5-13-11(16)7-2-3-9(14(17)18)8(12)6-7/h2-3,6H,4-5H2,1H3,(H,13,16). The summed E-state index contributed by atoms with van der Waals surface area (Å²) in [6, 6.07) is 2.81. The van der Waals surface area contributed by atoms with E-state index in [1.807, 2.05) is 0 Å². The van der Waals surface area contributed by atoms with E-state index in [2.05, 4.69) is 10.1 Å². The first-order chi connectivity index (χ1) is 8.95. The van der Waals surface area contributed by atoms with E-state index < -0.39 is 28.3 Å². The molecule has 0 saturated heterocycles. The molecule has 102 valence electrons. The van der Waals surface area contributed by atoms with Gasteiger partial charge < -0.3 is 10.1 Å². The number of nitro groups is 1. The monoisotopic (exact) mass is 270 g/mol. The molecule has 0 aromatic heterocycles. The second kappa shape index (κ2) is 6.43. The first-order valence-electron chi connectivity index (χ1n) is 5.24. The van der Waals surface area contributed by atoms with Gasteiger partial charge in [-0.05, 0) is 12.1 Å². The predicted molar refractivity (Wildman–Crippen MR) is 62.0 cm³/mol. The third-order valence-electron chi connectivity index (χ3n) is 2.25. The van der Waals surface area contributed by atoms with Gasteiger partial charge >= 0.3 is 11.7 Å². The molecule has 0 aliphatic heterocycles. The van der Waals surface area contributed by atoms with Gasteiger partial charge in [-0.3, -0.25) is 19.7 Å². The number of methoxy groups -OCH3 is 1. The van der Waals surface area contributed by atoms with E-state index in [4.69, 9.17) is 0 Å². The van der Waals surface area contributed by atoms with E-state index in [1.54, 1.807) is 0 Å². The van der Waals surface area contributed by atoms with Gasteiger partial charge in [0.25, 0.3) is 5.91 Å². The summed E-state index contributed by atoms with van der Waals surface area (Å²) in [4.78, 5) is 31.9. The summed E-state index contributed by atoms with van der Waals surface area (Å²) in [5, 5.41) is 12.8. The molecule has 8 heteroatoms. The van der Waals surface area contributed by atoms with E-state index in [0.29, 0.717) is 0 Å². The summed E-state index contributed by atoms with van der Waals surface area (Å²) < 4.78 is 17.6. The molecule has 1 rings (SSSR count). The lowest BCUT2D eigenvalue weighted by atomic mass is 10.2. The molecule has 0 spiro atoms. The van der Waals surface area contributed by atoms with Crippen molar-refractivity contribution in [3.63, 3.8) is 0 Å². The molecule has 0 radical (unpaired) electrons. The van der Waals surface area contributed by atoms with E-state index in [0.717, 1.165) is 18.2 Å². The summed E-state index contributed by atoms with van der Waals surface area (Å²) in [5.41, 5.74) is -0.765. The van der Waals surface area contributed by atoms with Crippen molar-refractivity contribution < 1.29 is 23.6 Å². The normalized spacial score (nSPS) is 9.79. The number of amides is 1. The van der Waals surface area contributed by atoms with Crippen LogP contribution < -0.4 is 5.32 Å². The highest BCUT2D eigenvalue weighted by atomic mass is 19.1. The lowest BCUT2D eigenvalue weighted by molar-refractivity contribution is -0.387. The maximum atomic E-state index is 13.3. The number of esters is 1. The Morgan fingerprint density at radius 3 is 2.68 bits per heavy atom. The number of benzene rings is 1. The Balaban J connectivity index is 2.65. The third kappa shape index (κ3) is 4.02. The smallest absolute Gasteiger partial charge is 0.307 e. The molecule has 7 nitrogen and oxygen atoms in total. The highest BCUT2D eigenvalue weighted by Gasteiger charge is 2.16. The van der Waals surface area contributed by atoms with Crippen molar-refractivity contribution in [2.45, 2.75) is 6.42 Å².